The first-order chi connectivity index (χ1) is 10.7. The molecule has 0 radical (unpaired) electrons. The number of ether oxygens (including phenoxy) is 1. The number of nitrogen functional groups attached to an aromatic ring is 1. The minimum atomic E-state index is -0.178. The lowest BCUT2D eigenvalue weighted by molar-refractivity contribution is 0.102. The van der Waals surface area contributed by atoms with Crippen molar-refractivity contribution in [2.75, 3.05) is 42.3 Å². The second-order valence-corrected chi connectivity index (χ2v) is 5.08. The van der Waals surface area contributed by atoms with Gasteiger partial charge in [-0.1, -0.05) is 6.07 Å². The summed E-state index contributed by atoms with van der Waals surface area (Å²) in [5.74, 6) is 0.617. The summed E-state index contributed by atoms with van der Waals surface area (Å²) in [5, 5.41) is 2.84. The maximum atomic E-state index is 12.3. The molecule has 6 heteroatoms. The normalized spacial score (nSPS) is 14.6. The summed E-state index contributed by atoms with van der Waals surface area (Å²) in [6, 6.07) is 10.6. The molecule has 3 rings (SSSR count). The monoisotopic (exact) mass is 298 g/mol. The van der Waals surface area contributed by atoms with Gasteiger partial charge in [0.1, 0.15) is 5.82 Å². The maximum absolute atomic E-state index is 12.3. The molecule has 1 aromatic heterocycles. The van der Waals surface area contributed by atoms with Crippen LogP contribution in [0.5, 0.6) is 0 Å². The Kier molecular flexibility index (Phi) is 4.20. The smallest absolute Gasteiger partial charge is 0.255 e. The molecule has 1 aromatic carbocycles. The number of pyridine rings is 1. The molecule has 22 heavy (non-hydrogen) atoms. The topological polar surface area (TPSA) is 80.5 Å². The zero-order valence-corrected chi connectivity index (χ0v) is 12.2. The van der Waals surface area contributed by atoms with Gasteiger partial charge in [-0.25, -0.2) is 4.98 Å². The molecule has 3 N–H and O–H groups in total. The van der Waals surface area contributed by atoms with Crippen molar-refractivity contribution in [3.63, 3.8) is 0 Å². The Labute approximate surface area is 128 Å². The van der Waals surface area contributed by atoms with Gasteiger partial charge in [0.05, 0.1) is 13.2 Å². The molecule has 6 nitrogen and oxygen atoms in total. The van der Waals surface area contributed by atoms with E-state index < -0.39 is 0 Å². The Bertz CT molecular complexity index is 669. The van der Waals surface area contributed by atoms with Crippen LogP contribution in [0.2, 0.25) is 0 Å². The number of carbonyl (C=O) groups excluding carboxylic acids is 1. The van der Waals surface area contributed by atoms with Gasteiger partial charge in [0.25, 0.3) is 5.91 Å². The number of anilines is 3. The number of hydrogen-bond acceptors (Lipinski definition) is 5. The molecule has 0 unspecified atom stereocenters. The highest BCUT2D eigenvalue weighted by atomic mass is 16.5. The number of amides is 1. The van der Waals surface area contributed by atoms with Gasteiger partial charge in [-0.05, 0) is 30.3 Å². The summed E-state index contributed by atoms with van der Waals surface area (Å²) in [6.45, 7) is 2.93. The summed E-state index contributed by atoms with van der Waals surface area (Å²) in [6.07, 6.45) is 1.65. The number of nitrogens with one attached hydrogen (secondary N) is 1. The zero-order chi connectivity index (χ0) is 15.4. The quantitative estimate of drug-likeness (QED) is 0.844. The third-order valence-electron chi connectivity index (χ3n) is 3.49. The van der Waals surface area contributed by atoms with Crippen molar-refractivity contribution in [1.29, 1.82) is 0 Å². The first kappa shape index (κ1) is 14.3. The van der Waals surface area contributed by atoms with E-state index in [2.05, 4.69) is 15.2 Å². The van der Waals surface area contributed by atoms with Crippen molar-refractivity contribution in [2.45, 2.75) is 0 Å². The highest BCUT2D eigenvalue weighted by Crippen LogP contribution is 2.17. The van der Waals surface area contributed by atoms with Gasteiger partial charge >= 0.3 is 0 Å². The fourth-order valence-electron chi connectivity index (χ4n) is 2.34. The molecule has 0 bridgehead atoms. The van der Waals surface area contributed by atoms with Crippen LogP contribution in [0.15, 0.2) is 42.6 Å². The third kappa shape index (κ3) is 3.35. The molecular formula is C16H18N4O2. The van der Waals surface area contributed by atoms with Crippen LogP contribution in [-0.4, -0.2) is 37.2 Å². The van der Waals surface area contributed by atoms with Gasteiger partial charge in [0, 0.05) is 36.2 Å². The van der Waals surface area contributed by atoms with Gasteiger partial charge in [0.2, 0.25) is 0 Å². The number of aromatic nitrogens is 1. The molecule has 0 saturated carbocycles. The van der Waals surface area contributed by atoms with Crippen LogP contribution in [0.4, 0.5) is 17.2 Å². The number of nitrogens with zero attached hydrogens (tertiary/aromatic N) is 2. The predicted octanol–water partition coefficient (Wildman–Crippen LogP) is 1.75. The lowest BCUT2D eigenvalue weighted by Gasteiger charge is -2.27. The van der Waals surface area contributed by atoms with Gasteiger partial charge in [-0.2, -0.15) is 0 Å². The number of morpholine rings is 1. The van der Waals surface area contributed by atoms with Crippen LogP contribution in [0.3, 0.4) is 0 Å². The molecule has 1 fully saturated rings. The molecule has 1 aliphatic heterocycles. The molecule has 2 aromatic rings. The second-order valence-electron chi connectivity index (χ2n) is 5.08. The molecule has 1 amide bonds. The van der Waals surface area contributed by atoms with Gasteiger partial charge in [-0.15, -0.1) is 0 Å². The van der Waals surface area contributed by atoms with E-state index in [0.717, 1.165) is 18.9 Å². The van der Waals surface area contributed by atoms with Gasteiger partial charge < -0.3 is 20.7 Å². The van der Waals surface area contributed by atoms with Gasteiger partial charge in [0.15, 0.2) is 0 Å². The van der Waals surface area contributed by atoms with Crippen LogP contribution >= 0.6 is 0 Å². The van der Waals surface area contributed by atoms with Crippen molar-refractivity contribution in [3.05, 3.63) is 48.2 Å². The molecule has 114 valence electrons. The fraction of sp³-hybridized carbons (Fsp3) is 0.250. The molecule has 1 saturated heterocycles. The molecule has 0 spiro atoms. The molecule has 1 aliphatic rings. The van der Waals surface area contributed by atoms with Crippen molar-refractivity contribution in [2.24, 2.45) is 0 Å². The highest BCUT2D eigenvalue weighted by Gasteiger charge is 2.14. The number of benzene rings is 1. The Morgan fingerprint density at radius 2 is 2.05 bits per heavy atom. The number of nitrogens with two attached hydrogens (primary N) is 1. The van der Waals surface area contributed by atoms with Crippen LogP contribution in [0.25, 0.3) is 0 Å². The minimum Gasteiger partial charge on any atom is -0.399 e. The molecule has 2 heterocycles. The standard InChI is InChI=1S/C16H18N4O2/c17-13-2-1-3-14(11-13)19-16(21)12-4-5-18-15(10-12)20-6-8-22-9-7-20/h1-5,10-11H,6-9,17H2,(H,19,21). The molecule has 0 atom stereocenters. The van der Waals surface area contributed by atoms with Crippen molar-refractivity contribution in [3.8, 4) is 0 Å². The predicted molar refractivity (Wildman–Crippen MR) is 86.1 cm³/mol. The molecule has 0 aliphatic carbocycles. The average Bonchev–Trinajstić information content (AvgIpc) is 2.56. The van der Waals surface area contributed by atoms with Crippen molar-refractivity contribution >= 4 is 23.1 Å². The number of rotatable bonds is 3. The highest BCUT2D eigenvalue weighted by molar-refractivity contribution is 6.04. The van der Waals surface area contributed by atoms with Crippen molar-refractivity contribution in [1.82, 2.24) is 4.98 Å². The first-order valence-corrected chi connectivity index (χ1v) is 7.18. The van der Waals surface area contributed by atoms with Gasteiger partial charge in [-0.3, -0.25) is 4.79 Å². The summed E-state index contributed by atoms with van der Waals surface area (Å²) in [7, 11) is 0. The first-order valence-electron chi connectivity index (χ1n) is 7.18. The Morgan fingerprint density at radius 3 is 2.82 bits per heavy atom. The molecular weight excluding hydrogens is 280 g/mol. The maximum Gasteiger partial charge on any atom is 0.255 e. The van der Waals surface area contributed by atoms with Crippen molar-refractivity contribution < 1.29 is 9.53 Å². The average molecular weight is 298 g/mol. The van der Waals surface area contributed by atoms with E-state index in [1.807, 2.05) is 0 Å². The van der Waals surface area contributed by atoms with E-state index in [-0.39, 0.29) is 5.91 Å². The Hall–Kier alpha value is -2.60. The summed E-state index contributed by atoms with van der Waals surface area (Å²) in [5.41, 5.74) is 7.57. The third-order valence-corrected chi connectivity index (χ3v) is 3.49. The lowest BCUT2D eigenvalue weighted by Crippen LogP contribution is -2.36. The number of carbonyl (C=O) groups is 1. The van der Waals surface area contributed by atoms with E-state index in [1.165, 1.54) is 0 Å². The van der Waals surface area contributed by atoms with Crippen LogP contribution in [0.1, 0.15) is 10.4 Å². The van der Waals surface area contributed by atoms with Crippen LogP contribution in [-0.2, 0) is 4.74 Å². The fourth-order valence-corrected chi connectivity index (χ4v) is 2.34. The second kappa shape index (κ2) is 6.44. The van der Waals surface area contributed by atoms with E-state index in [0.29, 0.717) is 30.2 Å². The summed E-state index contributed by atoms with van der Waals surface area (Å²) in [4.78, 5) is 18.8. The Balaban J connectivity index is 1.75. The van der Waals surface area contributed by atoms with E-state index in [9.17, 15) is 4.79 Å². The number of hydrogen-bond donors (Lipinski definition) is 2. The zero-order valence-electron chi connectivity index (χ0n) is 12.2. The van der Waals surface area contributed by atoms with Crippen LogP contribution < -0.4 is 16.0 Å². The van der Waals surface area contributed by atoms with E-state index in [1.54, 1.807) is 42.6 Å². The summed E-state index contributed by atoms with van der Waals surface area (Å²) >= 11 is 0. The van der Waals surface area contributed by atoms with E-state index in [4.69, 9.17) is 10.5 Å². The largest absolute Gasteiger partial charge is 0.399 e. The summed E-state index contributed by atoms with van der Waals surface area (Å²) < 4.78 is 5.33. The SMILES string of the molecule is Nc1cccc(NC(=O)c2ccnc(N3CCOCC3)c2)c1. The van der Waals surface area contributed by atoms with Crippen LogP contribution in [0, 0.1) is 0 Å². The minimum absolute atomic E-state index is 0.178. The van der Waals surface area contributed by atoms with E-state index >= 15 is 0 Å². The Morgan fingerprint density at radius 1 is 1.23 bits per heavy atom. The lowest BCUT2D eigenvalue weighted by atomic mass is 10.2.